The molecular weight excluding hydrogens is 167 g/mol. The zero-order valence-corrected chi connectivity index (χ0v) is 7.72. The fourth-order valence-electron chi connectivity index (χ4n) is 0.992. The summed E-state index contributed by atoms with van der Waals surface area (Å²) in [6.07, 6.45) is 0. The summed E-state index contributed by atoms with van der Waals surface area (Å²) in [6, 6.07) is 7.46. The summed E-state index contributed by atoms with van der Waals surface area (Å²) in [6.45, 7) is 5.42. The molecule has 0 bridgehead atoms. The maximum atomic E-state index is 11.7. The van der Waals surface area contributed by atoms with Gasteiger partial charge in [0, 0.05) is 0 Å². The van der Waals surface area contributed by atoms with Crippen LogP contribution in [-0.2, 0) is 0 Å². The van der Waals surface area contributed by atoms with Crippen LogP contribution in [0.1, 0.15) is 12.5 Å². The normalized spacial score (nSPS) is 9.69. The van der Waals surface area contributed by atoms with Crippen LogP contribution >= 0.6 is 0 Å². The molecule has 0 aliphatic heterocycles. The molecule has 0 aromatic heterocycles. The molecule has 0 saturated carbocycles. The molecule has 13 heavy (non-hydrogen) atoms. The summed E-state index contributed by atoms with van der Waals surface area (Å²) in [5.41, 5.74) is 2.09. The van der Waals surface area contributed by atoms with Gasteiger partial charge in [0.2, 0.25) is 0 Å². The van der Waals surface area contributed by atoms with E-state index in [1.54, 1.807) is 0 Å². The highest BCUT2D eigenvalue weighted by atomic mass is 19.1. The van der Waals surface area contributed by atoms with Crippen LogP contribution in [0.4, 0.5) is 4.39 Å². The zero-order chi connectivity index (χ0) is 9.68. The molecule has 0 saturated heterocycles. The monoisotopic (exact) mass is 180 g/mol. The Labute approximate surface area is 77.8 Å². The van der Waals surface area contributed by atoms with Gasteiger partial charge in [-0.3, -0.25) is 0 Å². The molecule has 0 heterocycles. The van der Waals surface area contributed by atoms with Crippen molar-refractivity contribution in [2.75, 3.05) is 13.3 Å². The maximum Gasteiger partial charge on any atom is 0.123 e. The lowest BCUT2D eigenvalue weighted by Crippen LogP contribution is -1.98. The standard InChI is InChI=1S/C11H13FO/c1-9(2)10-3-5-11(6-4-10)13-8-7-12/h3-6H,1,7-8H2,2H3. The van der Waals surface area contributed by atoms with Crippen LogP contribution in [0.5, 0.6) is 5.75 Å². The number of rotatable bonds is 4. The molecule has 70 valence electrons. The first-order chi connectivity index (χ1) is 6.24. The molecule has 1 aromatic rings. The molecular formula is C11H13FO. The van der Waals surface area contributed by atoms with Gasteiger partial charge in [-0.05, 0) is 24.6 Å². The number of benzene rings is 1. The van der Waals surface area contributed by atoms with Gasteiger partial charge in [-0.15, -0.1) is 0 Å². The van der Waals surface area contributed by atoms with E-state index in [9.17, 15) is 4.39 Å². The second-order valence-electron chi connectivity index (χ2n) is 2.84. The van der Waals surface area contributed by atoms with E-state index in [4.69, 9.17) is 4.74 Å². The number of allylic oxidation sites excluding steroid dienone is 1. The van der Waals surface area contributed by atoms with Crippen LogP contribution < -0.4 is 4.74 Å². The Kier molecular flexibility index (Phi) is 3.50. The highest BCUT2D eigenvalue weighted by Crippen LogP contribution is 2.16. The molecule has 1 nitrogen and oxygen atoms in total. The Morgan fingerprint density at radius 3 is 2.46 bits per heavy atom. The number of ether oxygens (including phenoxy) is 1. The molecule has 0 unspecified atom stereocenters. The smallest absolute Gasteiger partial charge is 0.123 e. The van der Waals surface area contributed by atoms with Gasteiger partial charge in [-0.2, -0.15) is 0 Å². The second kappa shape index (κ2) is 4.65. The average molecular weight is 180 g/mol. The second-order valence-corrected chi connectivity index (χ2v) is 2.84. The van der Waals surface area contributed by atoms with Crippen LogP contribution in [0, 0.1) is 0 Å². The molecule has 0 spiro atoms. The van der Waals surface area contributed by atoms with Gasteiger partial charge in [-0.25, -0.2) is 4.39 Å². The molecule has 0 radical (unpaired) electrons. The summed E-state index contributed by atoms with van der Waals surface area (Å²) >= 11 is 0. The van der Waals surface area contributed by atoms with Gasteiger partial charge < -0.3 is 4.74 Å². The first kappa shape index (κ1) is 9.78. The molecule has 0 amide bonds. The van der Waals surface area contributed by atoms with E-state index in [0.29, 0.717) is 5.75 Å². The third-order valence-electron chi connectivity index (χ3n) is 1.69. The fraction of sp³-hybridized carbons (Fsp3) is 0.273. The van der Waals surface area contributed by atoms with Crippen molar-refractivity contribution >= 4 is 5.57 Å². The van der Waals surface area contributed by atoms with Gasteiger partial charge in [0.25, 0.3) is 0 Å². The van der Waals surface area contributed by atoms with Crippen molar-refractivity contribution in [2.24, 2.45) is 0 Å². The molecule has 0 atom stereocenters. The molecule has 0 aliphatic carbocycles. The number of hydrogen-bond acceptors (Lipinski definition) is 1. The summed E-state index contributed by atoms with van der Waals surface area (Å²) in [7, 11) is 0. The summed E-state index contributed by atoms with van der Waals surface area (Å²) in [5.74, 6) is 0.697. The lowest BCUT2D eigenvalue weighted by atomic mass is 10.1. The minimum atomic E-state index is -0.456. The van der Waals surface area contributed by atoms with Crippen molar-refractivity contribution in [3.63, 3.8) is 0 Å². The Bertz CT molecular complexity index is 277. The van der Waals surface area contributed by atoms with E-state index in [1.165, 1.54) is 0 Å². The summed E-state index contributed by atoms with van der Waals surface area (Å²) in [4.78, 5) is 0. The molecule has 0 N–H and O–H groups in total. The largest absolute Gasteiger partial charge is 0.491 e. The first-order valence-electron chi connectivity index (χ1n) is 4.18. The zero-order valence-electron chi connectivity index (χ0n) is 7.72. The van der Waals surface area contributed by atoms with Crippen LogP contribution in [-0.4, -0.2) is 13.3 Å². The Morgan fingerprint density at radius 2 is 2.00 bits per heavy atom. The van der Waals surface area contributed by atoms with Gasteiger partial charge in [0.1, 0.15) is 19.0 Å². The number of hydrogen-bond donors (Lipinski definition) is 0. The Balaban J connectivity index is 2.64. The molecule has 0 aliphatic rings. The molecule has 0 fully saturated rings. The lowest BCUT2D eigenvalue weighted by Gasteiger charge is -2.04. The quantitative estimate of drug-likeness (QED) is 0.692. The summed E-state index contributed by atoms with van der Waals surface area (Å²) in [5, 5.41) is 0. The fourth-order valence-corrected chi connectivity index (χ4v) is 0.992. The van der Waals surface area contributed by atoms with Gasteiger partial charge in [0.05, 0.1) is 0 Å². The molecule has 2 heteroatoms. The van der Waals surface area contributed by atoms with E-state index in [2.05, 4.69) is 6.58 Å². The van der Waals surface area contributed by atoms with Gasteiger partial charge in [0.15, 0.2) is 0 Å². The van der Waals surface area contributed by atoms with E-state index >= 15 is 0 Å². The van der Waals surface area contributed by atoms with Crippen LogP contribution in [0.3, 0.4) is 0 Å². The highest BCUT2D eigenvalue weighted by Gasteiger charge is 1.95. The minimum Gasteiger partial charge on any atom is -0.491 e. The number of alkyl halides is 1. The van der Waals surface area contributed by atoms with Crippen molar-refractivity contribution in [1.82, 2.24) is 0 Å². The third kappa shape index (κ3) is 2.90. The number of halogens is 1. The van der Waals surface area contributed by atoms with Crippen LogP contribution in [0.25, 0.3) is 5.57 Å². The van der Waals surface area contributed by atoms with Crippen molar-refractivity contribution in [3.05, 3.63) is 36.4 Å². The predicted octanol–water partition coefficient (Wildman–Crippen LogP) is 3.07. The first-order valence-corrected chi connectivity index (χ1v) is 4.18. The van der Waals surface area contributed by atoms with Crippen molar-refractivity contribution in [1.29, 1.82) is 0 Å². The van der Waals surface area contributed by atoms with Crippen molar-refractivity contribution in [2.45, 2.75) is 6.92 Å². The predicted molar refractivity (Wildman–Crippen MR) is 52.6 cm³/mol. The lowest BCUT2D eigenvalue weighted by molar-refractivity contribution is 0.273. The van der Waals surface area contributed by atoms with Gasteiger partial charge in [-0.1, -0.05) is 24.3 Å². The Morgan fingerprint density at radius 1 is 1.38 bits per heavy atom. The van der Waals surface area contributed by atoms with E-state index in [1.807, 2.05) is 31.2 Å². The maximum absolute atomic E-state index is 11.7. The highest BCUT2D eigenvalue weighted by molar-refractivity contribution is 5.61. The topological polar surface area (TPSA) is 9.23 Å². The Hall–Kier alpha value is -1.31. The average Bonchev–Trinajstić information content (AvgIpc) is 2.15. The van der Waals surface area contributed by atoms with E-state index < -0.39 is 6.67 Å². The van der Waals surface area contributed by atoms with Gasteiger partial charge >= 0.3 is 0 Å². The van der Waals surface area contributed by atoms with E-state index in [-0.39, 0.29) is 6.61 Å². The summed E-state index contributed by atoms with van der Waals surface area (Å²) < 4.78 is 16.8. The minimum absolute atomic E-state index is 0.117. The SMILES string of the molecule is C=C(C)c1ccc(OCCF)cc1. The van der Waals surface area contributed by atoms with Crippen LogP contribution in [0.15, 0.2) is 30.8 Å². The van der Waals surface area contributed by atoms with E-state index in [0.717, 1.165) is 11.1 Å². The van der Waals surface area contributed by atoms with Crippen molar-refractivity contribution < 1.29 is 9.13 Å². The molecule has 1 rings (SSSR count). The van der Waals surface area contributed by atoms with Crippen molar-refractivity contribution in [3.8, 4) is 5.75 Å². The third-order valence-corrected chi connectivity index (χ3v) is 1.69. The molecule has 1 aromatic carbocycles. The van der Waals surface area contributed by atoms with Crippen LogP contribution in [0.2, 0.25) is 0 Å².